The summed E-state index contributed by atoms with van der Waals surface area (Å²) in [5.74, 6) is -0.549. The number of benzene rings is 3. The topological polar surface area (TPSA) is 84.9 Å². The number of para-hydroxylation sites is 1. The van der Waals surface area contributed by atoms with E-state index in [1.54, 1.807) is 18.2 Å². The van der Waals surface area contributed by atoms with Crippen LogP contribution in [0, 0.1) is 0 Å². The molecule has 0 aliphatic carbocycles. The van der Waals surface area contributed by atoms with Crippen LogP contribution in [0.5, 0.6) is 5.75 Å². The fourth-order valence-corrected chi connectivity index (χ4v) is 4.27. The van der Waals surface area contributed by atoms with Crippen LogP contribution in [0.2, 0.25) is 0 Å². The molecule has 0 unspecified atom stereocenters. The molecule has 3 aromatic rings. The van der Waals surface area contributed by atoms with Gasteiger partial charge in [0.05, 0.1) is 6.61 Å². The first kappa shape index (κ1) is 19.1. The Bertz CT molecular complexity index is 1200. The van der Waals surface area contributed by atoms with Gasteiger partial charge in [0.15, 0.2) is 5.54 Å². The summed E-state index contributed by atoms with van der Waals surface area (Å²) in [4.78, 5) is 39.2. The van der Waals surface area contributed by atoms with E-state index in [0.717, 1.165) is 21.2 Å². The van der Waals surface area contributed by atoms with Gasteiger partial charge in [0, 0.05) is 12.0 Å². The van der Waals surface area contributed by atoms with Crippen molar-refractivity contribution in [2.45, 2.75) is 18.6 Å². The molecule has 1 saturated heterocycles. The standard InChI is InChI=1S/C24H20N2O5/c27-21(31-15-17-8-5-7-16-6-1-2-9-18(16)17)14-26-22(28)24(25-23(26)29)12-13-30-20-11-4-3-10-19(20)24/h1-11H,12-15H2,(H,25,29)/t24-/m1/s1. The summed E-state index contributed by atoms with van der Waals surface area (Å²) in [5, 5.41) is 4.82. The van der Waals surface area contributed by atoms with Crippen LogP contribution in [0.4, 0.5) is 4.79 Å². The van der Waals surface area contributed by atoms with Crippen molar-refractivity contribution in [3.8, 4) is 5.75 Å². The van der Waals surface area contributed by atoms with Crippen molar-refractivity contribution in [3.63, 3.8) is 0 Å². The fourth-order valence-electron chi connectivity index (χ4n) is 4.27. The molecule has 31 heavy (non-hydrogen) atoms. The van der Waals surface area contributed by atoms with Gasteiger partial charge in [-0.3, -0.25) is 14.5 Å². The minimum absolute atomic E-state index is 0.0612. The van der Waals surface area contributed by atoms with Crippen molar-refractivity contribution in [1.29, 1.82) is 0 Å². The summed E-state index contributed by atoms with van der Waals surface area (Å²) in [7, 11) is 0. The Morgan fingerprint density at radius 1 is 1.03 bits per heavy atom. The molecule has 0 saturated carbocycles. The molecule has 1 N–H and O–H groups in total. The van der Waals surface area contributed by atoms with Crippen LogP contribution in [0.25, 0.3) is 10.8 Å². The van der Waals surface area contributed by atoms with Crippen molar-refractivity contribution in [3.05, 3.63) is 77.9 Å². The SMILES string of the molecule is O=C(CN1C(=O)N[C@@]2(CCOc3ccccc32)C1=O)OCc1cccc2ccccc12. The predicted octanol–water partition coefficient (Wildman–Crippen LogP) is 3.11. The van der Waals surface area contributed by atoms with E-state index < -0.39 is 30.0 Å². The highest BCUT2D eigenvalue weighted by Gasteiger charge is 2.55. The van der Waals surface area contributed by atoms with Gasteiger partial charge in [-0.05, 0) is 22.4 Å². The van der Waals surface area contributed by atoms with Crippen LogP contribution in [-0.2, 0) is 26.5 Å². The first-order valence-corrected chi connectivity index (χ1v) is 10.1. The quantitative estimate of drug-likeness (QED) is 0.522. The molecule has 3 amide bonds. The zero-order valence-corrected chi connectivity index (χ0v) is 16.7. The van der Waals surface area contributed by atoms with Crippen molar-refractivity contribution < 1.29 is 23.9 Å². The van der Waals surface area contributed by atoms with E-state index in [9.17, 15) is 14.4 Å². The molecule has 2 aliphatic rings. The average Bonchev–Trinajstić information content (AvgIpc) is 3.02. The highest BCUT2D eigenvalue weighted by Crippen LogP contribution is 2.40. The van der Waals surface area contributed by atoms with Crippen molar-refractivity contribution in [2.24, 2.45) is 0 Å². The van der Waals surface area contributed by atoms with Gasteiger partial charge in [-0.1, -0.05) is 60.7 Å². The first-order valence-electron chi connectivity index (χ1n) is 10.1. The number of nitrogens with zero attached hydrogens (tertiary/aromatic N) is 1. The van der Waals surface area contributed by atoms with E-state index in [0.29, 0.717) is 24.3 Å². The van der Waals surface area contributed by atoms with E-state index >= 15 is 0 Å². The number of rotatable bonds is 4. The van der Waals surface area contributed by atoms with Gasteiger partial charge in [-0.2, -0.15) is 0 Å². The number of hydrogen-bond acceptors (Lipinski definition) is 5. The average molecular weight is 416 g/mol. The lowest BCUT2D eigenvalue weighted by atomic mass is 9.84. The molecule has 5 rings (SSSR count). The molecule has 156 valence electrons. The third-order valence-electron chi connectivity index (χ3n) is 5.81. The zero-order chi connectivity index (χ0) is 21.4. The Kier molecular flexibility index (Phi) is 4.58. The maximum absolute atomic E-state index is 13.2. The molecule has 7 nitrogen and oxygen atoms in total. The van der Waals surface area contributed by atoms with Crippen LogP contribution in [0.1, 0.15) is 17.5 Å². The van der Waals surface area contributed by atoms with Gasteiger partial charge in [0.1, 0.15) is 18.9 Å². The lowest BCUT2D eigenvalue weighted by molar-refractivity contribution is -0.149. The van der Waals surface area contributed by atoms with E-state index in [2.05, 4.69) is 5.32 Å². The van der Waals surface area contributed by atoms with Crippen LogP contribution in [0.3, 0.4) is 0 Å². The van der Waals surface area contributed by atoms with Crippen LogP contribution < -0.4 is 10.1 Å². The highest BCUT2D eigenvalue weighted by atomic mass is 16.5. The van der Waals surface area contributed by atoms with Gasteiger partial charge in [-0.15, -0.1) is 0 Å². The Morgan fingerprint density at radius 3 is 2.71 bits per heavy atom. The van der Waals surface area contributed by atoms with Gasteiger partial charge in [0.25, 0.3) is 5.91 Å². The zero-order valence-electron chi connectivity index (χ0n) is 16.7. The molecule has 0 bridgehead atoms. The van der Waals surface area contributed by atoms with E-state index in [1.165, 1.54) is 0 Å². The summed E-state index contributed by atoms with van der Waals surface area (Å²) in [6.07, 6.45) is 0.302. The predicted molar refractivity (Wildman–Crippen MR) is 112 cm³/mol. The number of esters is 1. The van der Waals surface area contributed by atoms with Gasteiger partial charge >= 0.3 is 12.0 Å². The number of amides is 3. The minimum Gasteiger partial charge on any atom is -0.493 e. The van der Waals surface area contributed by atoms with Crippen LogP contribution in [-0.4, -0.2) is 36.0 Å². The minimum atomic E-state index is -1.21. The molecule has 1 atom stereocenters. The van der Waals surface area contributed by atoms with Gasteiger partial charge < -0.3 is 14.8 Å². The van der Waals surface area contributed by atoms with E-state index in [1.807, 2.05) is 48.5 Å². The lowest BCUT2D eigenvalue weighted by Gasteiger charge is -2.33. The number of imide groups is 1. The Balaban J connectivity index is 1.31. The number of hydrogen-bond donors (Lipinski definition) is 1. The summed E-state index contributed by atoms with van der Waals surface area (Å²) in [5.41, 5.74) is 0.256. The van der Waals surface area contributed by atoms with Gasteiger partial charge in [-0.25, -0.2) is 4.79 Å². The summed E-state index contributed by atoms with van der Waals surface area (Å²) < 4.78 is 11.0. The van der Waals surface area contributed by atoms with E-state index in [4.69, 9.17) is 9.47 Å². The fraction of sp³-hybridized carbons (Fsp3) is 0.208. The summed E-state index contributed by atoms with van der Waals surface area (Å²) in [6.45, 7) is -0.0890. The second-order valence-electron chi connectivity index (χ2n) is 7.62. The second kappa shape index (κ2) is 7.43. The van der Waals surface area contributed by atoms with Crippen LogP contribution >= 0.6 is 0 Å². The maximum atomic E-state index is 13.2. The number of carbonyl (C=O) groups is 3. The van der Waals surface area contributed by atoms with E-state index in [-0.39, 0.29) is 6.61 Å². The number of carbonyl (C=O) groups excluding carboxylic acids is 3. The normalized spacial score (nSPS) is 19.8. The number of urea groups is 1. The second-order valence-corrected chi connectivity index (χ2v) is 7.62. The molecule has 3 aromatic carbocycles. The number of nitrogens with one attached hydrogen (secondary N) is 1. The summed E-state index contributed by atoms with van der Waals surface area (Å²) >= 11 is 0. The van der Waals surface area contributed by atoms with Crippen molar-refractivity contribution in [2.75, 3.05) is 13.2 Å². The Hall–Kier alpha value is -3.87. The maximum Gasteiger partial charge on any atom is 0.326 e. The highest BCUT2D eigenvalue weighted by molar-refractivity contribution is 6.09. The Labute approximate surface area is 178 Å². The third-order valence-corrected chi connectivity index (χ3v) is 5.81. The molecular weight excluding hydrogens is 396 g/mol. The first-order chi connectivity index (χ1) is 15.1. The largest absolute Gasteiger partial charge is 0.493 e. The smallest absolute Gasteiger partial charge is 0.326 e. The third kappa shape index (κ3) is 3.18. The number of fused-ring (bicyclic) bond motifs is 3. The van der Waals surface area contributed by atoms with Crippen LogP contribution in [0.15, 0.2) is 66.7 Å². The molecule has 0 radical (unpaired) electrons. The molecule has 2 heterocycles. The Morgan fingerprint density at radius 2 is 1.81 bits per heavy atom. The molecular formula is C24H20N2O5. The lowest BCUT2D eigenvalue weighted by Crippen LogP contribution is -2.47. The molecule has 1 spiro atoms. The monoisotopic (exact) mass is 416 g/mol. The summed E-state index contributed by atoms with van der Waals surface area (Å²) in [6, 6.07) is 20.1. The van der Waals surface area contributed by atoms with Gasteiger partial charge in [0.2, 0.25) is 0 Å². The number of ether oxygens (including phenoxy) is 2. The molecule has 1 fully saturated rings. The van der Waals surface area contributed by atoms with Crippen molar-refractivity contribution >= 4 is 28.7 Å². The van der Waals surface area contributed by atoms with Crippen molar-refractivity contribution in [1.82, 2.24) is 10.2 Å². The molecule has 0 aromatic heterocycles. The molecule has 2 aliphatic heterocycles. The molecule has 7 heteroatoms.